The van der Waals surface area contributed by atoms with Gasteiger partial charge < -0.3 is 63.5 Å². The number of anilines is 1. The Bertz CT molecular complexity index is 1830. The Morgan fingerprint density at radius 1 is 0.476 bits per heavy atom. The molecule has 0 aliphatic heterocycles. The highest BCUT2D eigenvalue weighted by atomic mass is 16.6. The third-order valence-corrected chi connectivity index (χ3v) is 9.18. The van der Waals surface area contributed by atoms with Crippen LogP contribution in [-0.4, -0.2) is 153 Å². The number of carboxylic acid groups (broad SMARTS) is 2. The van der Waals surface area contributed by atoms with Gasteiger partial charge >= 0.3 is 11.9 Å². The molecule has 3 aromatic rings. The highest BCUT2D eigenvalue weighted by Crippen LogP contribution is 2.34. The van der Waals surface area contributed by atoms with E-state index in [0.29, 0.717) is 105 Å². The van der Waals surface area contributed by atoms with Gasteiger partial charge in [0.05, 0.1) is 123 Å². The number of hydrogen-bond donors (Lipinski definition) is 4. The monoisotopic (exact) mass is 884 g/mol. The molecule has 17 nitrogen and oxygen atoms in total. The summed E-state index contributed by atoms with van der Waals surface area (Å²) in [4.78, 5) is 46.9. The van der Waals surface area contributed by atoms with Crippen LogP contribution in [0.4, 0.5) is 5.69 Å². The number of nitrogens with one attached hydrogen (secondary N) is 2. The second kappa shape index (κ2) is 30.2. The summed E-state index contributed by atoms with van der Waals surface area (Å²) in [5.74, 6) is -2.57. The summed E-state index contributed by atoms with van der Waals surface area (Å²) in [7, 11) is 0. The van der Waals surface area contributed by atoms with Crippen molar-refractivity contribution in [2.45, 2.75) is 41.0 Å². The Labute approximate surface area is 369 Å². The number of carboxylic acids is 2. The molecule has 0 saturated heterocycles. The van der Waals surface area contributed by atoms with E-state index in [4.69, 9.17) is 52.8 Å². The molecule has 348 valence electrons. The first kappa shape index (κ1) is 52.4. The zero-order valence-corrected chi connectivity index (χ0v) is 37.2. The van der Waals surface area contributed by atoms with Gasteiger partial charge in [0, 0.05) is 12.2 Å². The molecule has 0 fully saturated rings. The lowest BCUT2D eigenvalue weighted by molar-refractivity contribution is -0.123. The zero-order chi connectivity index (χ0) is 45.8. The van der Waals surface area contributed by atoms with Gasteiger partial charge in [-0.05, 0) is 98.3 Å². The van der Waals surface area contributed by atoms with E-state index < -0.39 is 17.8 Å². The predicted octanol–water partition coefficient (Wildman–Crippen LogP) is 4.95. The normalized spacial score (nSPS) is 11.1. The van der Waals surface area contributed by atoms with E-state index in [0.717, 1.165) is 17.2 Å². The van der Waals surface area contributed by atoms with Crippen molar-refractivity contribution in [1.82, 2.24) is 5.32 Å². The largest absolute Gasteiger partial charge is 0.483 e. The van der Waals surface area contributed by atoms with E-state index in [1.807, 2.05) is 13.0 Å². The van der Waals surface area contributed by atoms with Crippen molar-refractivity contribution in [3.05, 3.63) is 81.4 Å². The number of rotatable bonds is 34. The summed E-state index contributed by atoms with van der Waals surface area (Å²) in [6, 6.07) is 11.9. The first-order valence-corrected chi connectivity index (χ1v) is 21.0. The molecule has 0 radical (unpaired) electrons. The van der Waals surface area contributed by atoms with Gasteiger partial charge in [0.15, 0.2) is 6.61 Å². The highest BCUT2D eigenvalue weighted by Gasteiger charge is 2.15. The van der Waals surface area contributed by atoms with Gasteiger partial charge in [0.25, 0.3) is 5.91 Å². The van der Waals surface area contributed by atoms with Crippen LogP contribution in [-0.2, 0) is 47.5 Å². The Morgan fingerprint density at radius 2 is 0.905 bits per heavy atom. The van der Waals surface area contributed by atoms with E-state index in [1.54, 1.807) is 0 Å². The molecule has 4 N–H and O–H groups in total. The topological polar surface area (TPSA) is 216 Å². The summed E-state index contributed by atoms with van der Waals surface area (Å²) in [5, 5.41) is 23.6. The fourth-order valence-electron chi connectivity index (χ4n) is 6.25. The second-order valence-electron chi connectivity index (χ2n) is 14.5. The fraction of sp³-hybridized carbons (Fsp3) is 0.522. The summed E-state index contributed by atoms with van der Waals surface area (Å²) in [5.41, 5.74) is 7.81. The number of amides is 2. The van der Waals surface area contributed by atoms with E-state index in [-0.39, 0.29) is 49.0 Å². The van der Waals surface area contributed by atoms with Gasteiger partial charge in [-0.3, -0.25) is 9.59 Å². The minimum Gasteiger partial charge on any atom is -0.483 e. The van der Waals surface area contributed by atoms with Gasteiger partial charge in [-0.25, -0.2) is 9.59 Å². The highest BCUT2D eigenvalue weighted by molar-refractivity contribution is 5.98. The molecular formula is C46H64N2O15. The molecule has 0 aliphatic rings. The first-order valence-electron chi connectivity index (χ1n) is 21.0. The minimum absolute atomic E-state index is 0.00762. The maximum atomic E-state index is 12.3. The number of aromatic carboxylic acids is 2. The Hall–Kier alpha value is -4.98. The van der Waals surface area contributed by atoms with Crippen LogP contribution < -0.4 is 15.4 Å². The summed E-state index contributed by atoms with van der Waals surface area (Å²) in [6.07, 6.45) is -0.00762. The maximum absolute atomic E-state index is 12.3. The van der Waals surface area contributed by atoms with Gasteiger partial charge in [0.1, 0.15) is 5.75 Å². The lowest BCUT2D eigenvalue weighted by Gasteiger charge is -2.17. The van der Waals surface area contributed by atoms with Crippen molar-refractivity contribution < 1.29 is 72.0 Å². The number of ether oxygens (including phenoxy) is 9. The van der Waals surface area contributed by atoms with E-state index in [1.165, 1.54) is 39.9 Å². The van der Waals surface area contributed by atoms with Gasteiger partial charge in [-0.1, -0.05) is 17.7 Å². The third kappa shape index (κ3) is 21.3. The molecule has 0 bridgehead atoms. The molecular weight excluding hydrogens is 821 g/mol. The number of aryl methyl sites for hydroxylation is 5. The molecule has 0 spiro atoms. The van der Waals surface area contributed by atoms with Crippen molar-refractivity contribution in [2.24, 2.45) is 0 Å². The van der Waals surface area contributed by atoms with Crippen LogP contribution in [0.15, 0.2) is 42.5 Å². The van der Waals surface area contributed by atoms with E-state index in [2.05, 4.69) is 56.5 Å². The molecule has 0 aliphatic carbocycles. The number of carbonyl (C=O) groups is 4. The van der Waals surface area contributed by atoms with Crippen molar-refractivity contribution >= 4 is 29.4 Å². The van der Waals surface area contributed by atoms with Crippen LogP contribution in [0.25, 0.3) is 11.1 Å². The van der Waals surface area contributed by atoms with Crippen LogP contribution >= 0.6 is 0 Å². The van der Waals surface area contributed by atoms with Crippen LogP contribution in [0.3, 0.4) is 0 Å². The molecule has 3 aromatic carbocycles. The summed E-state index contributed by atoms with van der Waals surface area (Å²) in [6.45, 7) is 16.8. The molecule has 0 unspecified atom stereocenters. The lowest BCUT2D eigenvalue weighted by atomic mass is 9.90. The third-order valence-electron chi connectivity index (χ3n) is 9.18. The lowest BCUT2D eigenvalue weighted by Crippen LogP contribution is -2.32. The number of benzene rings is 3. The number of hydrogen-bond acceptors (Lipinski definition) is 13. The number of carbonyl (C=O) groups excluding carboxylic acids is 2. The van der Waals surface area contributed by atoms with Crippen LogP contribution in [0.2, 0.25) is 0 Å². The van der Waals surface area contributed by atoms with Crippen molar-refractivity contribution in [3.63, 3.8) is 0 Å². The predicted molar refractivity (Wildman–Crippen MR) is 234 cm³/mol. The van der Waals surface area contributed by atoms with E-state index in [9.17, 15) is 19.2 Å². The smallest absolute Gasteiger partial charge is 0.335 e. The molecule has 0 atom stereocenters. The molecule has 3 rings (SSSR count). The Balaban J connectivity index is 1.02. The van der Waals surface area contributed by atoms with Gasteiger partial charge in [-0.15, -0.1) is 0 Å². The molecule has 63 heavy (non-hydrogen) atoms. The fourth-order valence-corrected chi connectivity index (χ4v) is 6.25. The Morgan fingerprint density at radius 3 is 1.35 bits per heavy atom. The van der Waals surface area contributed by atoms with Gasteiger partial charge in [-0.2, -0.15) is 0 Å². The molecule has 0 aromatic heterocycles. The van der Waals surface area contributed by atoms with Crippen molar-refractivity contribution in [3.8, 4) is 16.9 Å². The minimum atomic E-state index is -1.30. The average molecular weight is 885 g/mol. The SMILES string of the molecule is Cc1cc(C)c(-c2cc(C)c(OCC(=O)NCCOCCOCCOCCOCCOCCOCCOCCOCCC(=O)Nc3cc(C(=O)O)cc(C(=O)O)c3)cc2C)c(C)c1. The van der Waals surface area contributed by atoms with Crippen LogP contribution in [0, 0.1) is 34.6 Å². The molecule has 0 saturated carbocycles. The first-order chi connectivity index (χ1) is 30.3. The second-order valence-corrected chi connectivity index (χ2v) is 14.5. The quantitative estimate of drug-likeness (QED) is 0.0584. The Kier molecular flexibility index (Phi) is 25.1. The van der Waals surface area contributed by atoms with Gasteiger partial charge in [0.2, 0.25) is 5.91 Å². The van der Waals surface area contributed by atoms with Crippen molar-refractivity contribution in [1.29, 1.82) is 0 Å². The van der Waals surface area contributed by atoms with E-state index >= 15 is 0 Å². The molecule has 17 heteroatoms. The standard InChI is InChI=1S/C46H64N2O15/c1-32-24-35(4)44(36(5)25-32)40-26-34(3)41(27-33(40)2)63-31-43(50)47-7-9-56-11-13-58-15-17-60-19-21-62-23-22-61-20-18-59-16-14-57-12-10-55-8-6-42(49)48-39-29-37(45(51)52)28-38(30-39)46(53)54/h24-30H,6-23,31H2,1-5H3,(H,47,50)(H,48,49)(H,51,52)(H,53,54). The van der Waals surface area contributed by atoms with Crippen molar-refractivity contribution in [2.75, 3.05) is 124 Å². The maximum Gasteiger partial charge on any atom is 0.335 e. The zero-order valence-electron chi connectivity index (χ0n) is 37.2. The average Bonchev–Trinajstić information content (AvgIpc) is 3.23. The molecule has 2 amide bonds. The molecule has 0 heterocycles. The van der Waals surface area contributed by atoms with Crippen LogP contribution in [0.5, 0.6) is 5.75 Å². The summed E-state index contributed by atoms with van der Waals surface area (Å²) >= 11 is 0. The summed E-state index contributed by atoms with van der Waals surface area (Å²) < 4.78 is 49.6. The van der Waals surface area contributed by atoms with Crippen LogP contribution in [0.1, 0.15) is 55.0 Å².